The molecule has 1 aromatic heterocycles. The molecule has 114 valence electrons. The number of anilines is 2. The number of aromatic nitrogens is 3. The lowest BCUT2D eigenvalue weighted by molar-refractivity contribution is -0.117. The quantitative estimate of drug-likeness (QED) is 0.840. The van der Waals surface area contributed by atoms with Gasteiger partial charge in [0.15, 0.2) is 5.16 Å². The zero-order valence-electron chi connectivity index (χ0n) is 11.9. The van der Waals surface area contributed by atoms with Crippen molar-refractivity contribution in [1.29, 1.82) is 0 Å². The summed E-state index contributed by atoms with van der Waals surface area (Å²) in [5.41, 5.74) is 1.39. The first-order valence-electron chi connectivity index (χ1n) is 6.84. The number of aromatic amines is 1. The highest BCUT2D eigenvalue weighted by Crippen LogP contribution is 2.31. The number of H-pyrrole nitrogens is 1. The van der Waals surface area contributed by atoms with E-state index in [1.165, 1.54) is 18.1 Å². The molecule has 0 spiro atoms. The molecule has 1 atom stereocenters. The molecule has 0 bridgehead atoms. The SMILES string of the molecule is C[C@H]1CC(=O)Nc2ccccc2N1C(=O)CSc1ncn[nH]1. The van der Waals surface area contributed by atoms with Crippen molar-refractivity contribution in [3.63, 3.8) is 0 Å². The van der Waals surface area contributed by atoms with Crippen LogP contribution in [0.1, 0.15) is 13.3 Å². The molecule has 0 radical (unpaired) electrons. The van der Waals surface area contributed by atoms with E-state index in [1.54, 1.807) is 11.0 Å². The highest BCUT2D eigenvalue weighted by atomic mass is 32.2. The highest BCUT2D eigenvalue weighted by Gasteiger charge is 2.29. The molecule has 0 saturated heterocycles. The number of hydrogen-bond donors (Lipinski definition) is 2. The molecule has 1 aromatic carbocycles. The second-order valence-corrected chi connectivity index (χ2v) is 5.93. The van der Waals surface area contributed by atoms with E-state index in [9.17, 15) is 9.59 Å². The normalized spacial score (nSPS) is 17.6. The summed E-state index contributed by atoms with van der Waals surface area (Å²) in [7, 11) is 0. The second-order valence-electron chi connectivity index (χ2n) is 4.96. The molecule has 7 nitrogen and oxygen atoms in total. The van der Waals surface area contributed by atoms with Gasteiger partial charge in [0.05, 0.1) is 17.1 Å². The van der Waals surface area contributed by atoms with Gasteiger partial charge >= 0.3 is 0 Å². The lowest BCUT2D eigenvalue weighted by atomic mass is 10.2. The van der Waals surface area contributed by atoms with E-state index >= 15 is 0 Å². The number of benzene rings is 1. The third-order valence-electron chi connectivity index (χ3n) is 3.35. The molecular formula is C14H15N5O2S. The van der Waals surface area contributed by atoms with Crippen molar-refractivity contribution in [3.05, 3.63) is 30.6 Å². The summed E-state index contributed by atoms with van der Waals surface area (Å²) in [5, 5.41) is 9.90. The van der Waals surface area contributed by atoms with Crippen LogP contribution in [0.3, 0.4) is 0 Å². The molecule has 2 amide bonds. The van der Waals surface area contributed by atoms with E-state index in [0.29, 0.717) is 10.8 Å². The van der Waals surface area contributed by atoms with Gasteiger partial charge < -0.3 is 10.2 Å². The smallest absolute Gasteiger partial charge is 0.237 e. The molecule has 3 rings (SSSR count). The van der Waals surface area contributed by atoms with Gasteiger partial charge in [-0.25, -0.2) is 4.98 Å². The summed E-state index contributed by atoms with van der Waals surface area (Å²) in [4.78, 5) is 30.2. The number of thioether (sulfide) groups is 1. The Bertz CT molecular complexity index is 688. The van der Waals surface area contributed by atoms with Crippen LogP contribution in [0, 0.1) is 0 Å². The minimum absolute atomic E-state index is 0.0714. The molecule has 2 aromatic rings. The van der Waals surface area contributed by atoms with Crippen molar-refractivity contribution in [1.82, 2.24) is 15.2 Å². The van der Waals surface area contributed by atoms with E-state index in [0.717, 1.165) is 5.69 Å². The van der Waals surface area contributed by atoms with Gasteiger partial charge in [-0.15, -0.1) is 0 Å². The van der Waals surface area contributed by atoms with E-state index in [-0.39, 0.29) is 30.0 Å². The average Bonchev–Trinajstić information content (AvgIpc) is 2.96. The molecule has 2 N–H and O–H groups in total. The number of rotatable bonds is 3. The van der Waals surface area contributed by atoms with Gasteiger partial charge in [-0.3, -0.25) is 14.7 Å². The fourth-order valence-corrected chi connectivity index (χ4v) is 3.07. The standard InChI is InChI=1S/C14H15N5O2S/c1-9-6-12(20)17-10-4-2-3-5-11(10)19(9)13(21)7-22-14-15-8-16-18-14/h2-5,8-9H,6-7H2,1H3,(H,17,20)(H,15,16,18)/t9-/m0/s1. The Morgan fingerprint density at radius 1 is 1.45 bits per heavy atom. The second kappa shape index (κ2) is 6.18. The molecule has 0 saturated carbocycles. The molecule has 0 fully saturated rings. The number of para-hydroxylation sites is 2. The molecular weight excluding hydrogens is 302 g/mol. The van der Waals surface area contributed by atoms with Crippen molar-refractivity contribution in [2.24, 2.45) is 0 Å². The molecule has 0 aliphatic carbocycles. The fraction of sp³-hybridized carbons (Fsp3) is 0.286. The number of nitrogens with zero attached hydrogens (tertiary/aromatic N) is 3. The first-order chi connectivity index (χ1) is 10.6. The Morgan fingerprint density at radius 2 is 2.27 bits per heavy atom. The van der Waals surface area contributed by atoms with Gasteiger partial charge in [0.1, 0.15) is 6.33 Å². The van der Waals surface area contributed by atoms with Gasteiger partial charge in [0, 0.05) is 12.5 Å². The number of hydrogen-bond acceptors (Lipinski definition) is 5. The molecule has 1 aliphatic heterocycles. The third-order valence-corrected chi connectivity index (χ3v) is 4.21. The Morgan fingerprint density at radius 3 is 3.05 bits per heavy atom. The van der Waals surface area contributed by atoms with Crippen molar-refractivity contribution >= 4 is 35.0 Å². The van der Waals surface area contributed by atoms with Crippen molar-refractivity contribution < 1.29 is 9.59 Å². The van der Waals surface area contributed by atoms with Crippen molar-refractivity contribution in [3.8, 4) is 0 Å². The summed E-state index contributed by atoms with van der Waals surface area (Å²) in [6.45, 7) is 1.87. The minimum Gasteiger partial charge on any atom is -0.324 e. The summed E-state index contributed by atoms with van der Waals surface area (Å²) >= 11 is 1.29. The third kappa shape index (κ3) is 2.96. The first kappa shape index (κ1) is 14.6. The van der Waals surface area contributed by atoms with Crippen LogP contribution < -0.4 is 10.2 Å². The Kier molecular flexibility index (Phi) is 4.10. The first-order valence-corrected chi connectivity index (χ1v) is 7.83. The van der Waals surface area contributed by atoms with Gasteiger partial charge in [0.25, 0.3) is 0 Å². The molecule has 2 heterocycles. The summed E-state index contributed by atoms with van der Waals surface area (Å²) in [5.74, 6) is 0.0678. The Balaban J connectivity index is 1.83. The zero-order valence-corrected chi connectivity index (χ0v) is 12.8. The summed E-state index contributed by atoms with van der Waals surface area (Å²) < 4.78 is 0. The summed E-state index contributed by atoms with van der Waals surface area (Å²) in [6, 6.07) is 7.13. The van der Waals surface area contributed by atoms with Crippen LogP contribution in [0.25, 0.3) is 0 Å². The average molecular weight is 317 g/mol. The van der Waals surface area contributed by atoms with Crippen molar-refractivity contribution in [2.45, 2.75) is 24.5 Å². The van der Waals surface area contributed by atoms with Crippen molar-refractivity contribution in [2.75, 3.05) is 16.0 Å². The number of fused-ring (bicyclic) bond motifs is 1. The van der Waals surface area contributed by atoms with Crippen LogP contribution in [0.5, 0.6) is 0 Å². The Labute approximate surface area is 131 Å². The van der Waals surface area contributed by atoms with E-state index in [1.807, 2.05) is 25.1 Å². The van der Waals surface area contributed by atoms with E-state index < -0.39 is 0 Å². The maximum atomic E-state index is 12.6. The highest BCUT2D eigenvalue weighted by molar-refractivity contribution is 7.99. The number of carbonyl (C=O) groups is 2. The molecule has 0 unspecified atom stereocenters. The summed E-state index contributed by atoms with van der Waals surface area (Å²) in [6.07, 6.45) is 1.67. The lowest BCUT2D eigenvalue weighted by Gasteiger charge is -2.27. The largest absolute Gasteiger partial charge is 0.324 e. The molecule has 8 heteroatoms. The Hall–Kier alpha value is -2.35. The van der Waals surface area contributed by atoms with E-state index in [2.05, 4.69) is 20.5 Å². The van der Waals surface area contributed by atoms with Gasteiger partial charge in [0.2, 0.25) is 11.8 Å². The van der Waals surface area contributed by atoms with Gasteiger partial charge in [-0.05, 0) is 19.1 Å². The zero-order chi connectivity index (χ0) is 15.5. The molecule has 1 aliphatic rings. The topological polar surface area (TPSA) is 91.0 Å². The minimum atomic E-state index is -0.202. The number of nitrogens with one attached hydrogen (secondary N) is 2. The number of amides is 2. The fourth-order valence-electron chi connectivity index (χ4n) is 2.43. The maximum absolute atomic E-state index is 12.6. The van der Waals surface area contributed by atoms with Crippen LogP contribution >= 0.6 is 11.8 Å². The number of carbonyl (C=O) groups excluding carboxylic acids is 2. The van der Waals surface area contributed by atoms with Crippen LogP contribution in [0.4, 0.5) is 11.4 Å². The van der Waals surface area contributed by atoms with Crippen LogP contribution in [0.15, 0.2) is 35.7 Å². The van der Waals surface area contributed by atoms with E-state index in [4.69, 9.17) is 0 Å². The van der Waals surface area contributed by atoms with Crippen LogP contribution in [-0.2, 0) is 9.59 Å². The maximum Gasteiger partial charge on any atom is 0.237 e. The van der Waals surface area contributed by atoms with Gasteiger partial charge in [-0.1, -0.05) is 23.9 Å². The van der Waals surface area contributed by atoms with Gasteiger partial charge in [-0.2, -0.15) is 5.10 Å². The monoisotopic (exact) mass is 317 g/mol. The van der Waals surface area contributed by atoms with Crippen LogP contribution in [-0.4, -0.2) is 38.8 Å². The lowest BCUT2D eigenvalue weighted by Crippen LogP contribution is -2.40. The predicted molar refractivity (Wildman–Crippen MR) is 83.7 cm³/mol. The van der Waals surface area contributed by atoms with Crippen LogP contribution in [0.2, 0.25) is 0 Å². The molecule has 22 heavy (non-hydrogen) atoms. The predicted octanol–water partition coefficient (Wildman–Crippen LogP) is 1.66.